The lowest BCUT2D eigenvalue weighted by Gasteiger charge is -2.32. The number of nitrogens with zero attached hydrogens (tertiary/aromatic N) is 2. The minimum absolute atomic E-state index is 0.0299. The van der Waals surface area contributed by atoms with Crippen molar-refractivity contribution in [2.24, 2.45) is 0 Å². The van der Waals surface area contributed by atoms with Crippen molar-refractivity contribution < 1.29 is 26.8 Å². The summed E-state index contributed by atoms with van der Waals surface area (Å²) < 4.78 is 60.0. The zero-order valence-electron chi connectivity index (χ0n) is 14.5. The molecule has 2 aromatic heterocycles. The molecule has 3 heterocycles. The van der Waals surface area contributed by atoms with Crippen LogP contribution in [0.4, 0.5) is 29.1 Å². The molecule has 0 aliphatic carbocycles. The first-order valence-corrected chi connectivity index (χ1v) is 8.83. The second kappa shape index (κ2) is 7.11. The summed E-state index contributed by atoms with van der Waals surface area (Å²) in [6.07, 6.45) is -3.55. The number of furan rings is 1. The molecule has 0 saturated heterocycles. The molecule has 0 bridgehead atoms. The third kappa shape index (κ3) is 3.80. The SMILES string of the molecule is O=C(Nc1ccc(F)c(Cl)c1)c1cc2n(n1)[C@@H](C(F)(F)F)C[C@H](c1ccco1)N2. The Hall–Kier alpha value is -3.01. The van der Waals surface area contributed by atoms with Crippen LogP contribution in [0.5, 0.6) is 0 Å². The van der Waals surface area contributed by atoms with E-state index in [0.717, 1.165) is 10.7 Å². The molecule has 0 fully saturated rings. The standard InChI is InChI=1S/C18H13ClF4N4O2/c19-10-6-9(3-4-11(10)20)24-17(28)13-8-16-25-12(14-2-1-5-29-14)7-15(18(21,22)23)27(16)26-13/h1-6,8,12,15,25H,7H2,(H,24,28)/t12-,15-/m1/s1. The van der Waals surface area contributed by atoms with E-state index in [0.29, 0.717) is 5.76 Å². The average Bonchev–Trinajstić information content (AvgIpc) is 3.32. The zero-order chi connectivity index (χ0) is 20.8. The van der Waals surface area contributed by atoms with Crippen molar-refractivity contribution in [3.63, 3.8) is 0 Å². The number of alkyl halides is 3. The number of nitrogens with one attached hydrogen (secondary N) is 2. The molecule has 0 unspecified atom stereocenters. The molecule has 6 nitrogen and oxygen atoms in total. The van der Waals surface area contributed by atoms with Crippen LogP contribution in [-0.4, -0.2) is 21.9 Å². The molecule has 3 aromatic rings. The number of amides is 1. The number of rotatable bonds is 3. The van der Waals surface area contributed by atoms with Crippen molar-refractivity contribution in [3.8, 4) is 0 Å². The van der Waals surface area contributed by atoms with E-state index in [1.807, 2.05) is 0 Å². The van der Waals surface area contributed by atoms with Crippen molar-refractivity contribution in [2.75, 3.05) is 10.6 Å². The van der Waals surface area contributed by atoms with Gasteiger partial charge in [-0.25, -0.2) is 9.07 Å². The lowest BCUT2D eigenvalue weighted by Crippen LogP contribution is -2.35. The highest BCUT2D eigenvalue weighted by molar-refractivity contribution is 6.31. The fourth-order valence-electron chi connectivity index (χ4n) is 3.13. The molecule has 1 aliphatic rings. The molecule has 1 aromatic carbocycles. The highest BCUT2D eigenvalue weighted by atomic mass is 35.5. The Morgan fingerprint density at radius 3 is 2.76 bits per heavy atom. The number of hydrogen-bond acceptors (Lipinski definition) is 4. The number of hydrogen-bond donors (Lipinski definition) is 2. The fourth-order valence-corrected chi connectivity index (χ4v) is 3.31. The molecule has 2 atom stereocenters. The number of halogens is 5. The molecule has 11 heteroatoms. The van der Waals surface area contributed by atoms with Crippen LogP contribution < -0.4 is 10.6 Å². The van der Waals surface area contributed by atoms with E-state index >= 15 is 0 Å². The minimum atomic E-state index is -4.58. The smallest absolute Gasteiger partial charge is 0.410 e. The summed E-state index contributed by atoms with van der Waals surface area (Å²) in [4.78, 5) is 12.4. The summed E-state index contributed by atoms with van der Waals surface area (Å²) in [5, 5.41) is 8.98. The van der Waals surface area contributed by atoms with Gasteiger partial charge in [-0.1, -0.05) is 11.6 Å². The molecule has 0 saturated carbocycles. The van der Waals surface area contributed by atoms with Gasteiger partial charge in [-0.3, -0.25) is 4.79 Å². The van der Waals surface area contributed by atoms with Crippen LogP contribution in [0, 0.1) is 5.82 Å². The topological polar surface area (TPSA) is 72.1 Å². The first kappa shape index (κ1) is 19.3. The number of benzene rings is 1. The van der Waals surface area contributed by atoms with Crippen LogP contribution in [0.25, 0.3) is 0 Å². The van der Waals surface area contributed by atoms with Crippen LogP contribution in [0.3, 0.4) is 0 Å². The Labute approximate surface area is 166 Å². The molecular formula is C18H13ClF4N4O2. The van der Waals surface area contributed by atoms with Gasteiger partial charge in [0.05, 0.1) is 17.3 Å². The Bertz CT molecular complexity index is 1050. The second-order valence-electron chi connectivity index (χ2n) is 6.45. The van der Waals surface area contributed by atoms with Gasteiger partial charge in [0.25, 0.3) is 5.91 Å². The second-order valence-corrected chi connectivity index (χ2v) is 6.86. The number of carbonyl (C=O) groups excluding carboxylic acids is 1. The molecule has 1 aliphatic heterocycles. The van der Waals surface area contributed by atoms with Crippen molar-refractivity contribution in [2.45, 2.75) is 24.7 Å². The molecule has 1 amide bonds. The van der Waals surface area contributed by atoms with Crippen LogP contribution in [0.2, 0.25) is 5.02 Å². The van der Waals surface area contributed by atoms with Crippen molar-refractivity contribution in [3.05, 3.63) is 65.0 Å². The molecule has 29 heavy (non-hydrogen) atoms. The Morgan fingerprint density at radius 1 is 1.31 bits per heavy atom. The van der Waals surface area contributed by atoms with Crippen LogP contribution in [-0.2, 0) is 0 Å². The normalized spacial score (nSPS) is 18.8. The molecule has 0 radical (unpaired) electrons. The van der Waals surface area contributed by atoms with Gasteiger partial charge in [-0.15, -0.1) is 0 Å². The van der Waals surface area contributed by atoms with Crippen LogP contribution >= 0.6 is 11.6 Å². The van der Waals surface area contributed by atoms with Gasteiger partial charge in [0.1, 0.15) is 17.4 Å². The van der Waals surface area contributed by atoms with E-state index in [1.54, 1.807) is 12.1 Å². The third-order valence-electron chi connectivity index (χ3n) is 4.49. The predicted octanol–water partition coefficient (Wildman–Crippen LogP) is 5.18. The maximum absolute atomic E-state index is 13.6. The maximum atomic E-state index is 13.6. The largest absolute Gasteiger partial charge is 0.467 e. The highest BCUT2D eigenvalue weighted by Gasteiger charge is 2.47. The van der Waals surface area contributed by atoms with Crippen LogP contribution in [0.1, 0.15) is 34.8 Å². The van der Waals surface area contributed by atoms with Gasteiger partial charge in [0, 0.05) is 18.2 Å². The number of aromatic nitrogens is 2. The maximum Gasteiger partial charge on any atom is 0.410 e. The molecule has 0 spiro atoms. The molecular weight excluding hydrogens is 416 g/mol. The number of carbonyl (C=O) groups is 1. The van der Waals surface area contributed by atoms with Crippen LogP contribution in [0.15, 0.2) is 47.1 Å². The lowest BCUT2D eigenvalue weighted by molar-refractivity contribution is -0.174. The number of anilines is 2. The average molecular weight is 429 g/mol. The van der Waals surface area contributed by atoms with E-state index < -0.39 is 30.0 Å². The first-order valence-electron chi connectivity index (χ1n) is 8.45. The summed E-state index contributed by atoms with van der Waals surface area (Å²) in [6.45, 7) is 0. The van der Waals surface area contributed by atoms with E-state index in [9.17, 15) is 22.4 Å². The molecule has 152 valence electrons. The minimum Gasteiger partial charge on any atom is -0.467 e. The number of fused-ring (bicyclic) bond motifs is 1. The Morgan fingerprint density at radius 2 is 2.10 bits per heavy atom. The van der Waals surface area contributed by atoms with Gasteiger partial charge < -0.3 is 15.1 Å². The summed E-state index contributed by atoms with van der Waals surface area (Å²) in [5.41, 5.74) is -0.0524. The Kier molecular flexibility index (Phi) is 4.73. The zero-order valence-corrected chi connectivity index (χ0v) is 15.3. The van der Waals surface area contributed by atoms with Crippen molar-refractivity contribution in [1.82, 2.24) is 9.78 Å². The molecule has 4 rings (SSSR count). The quantitative estimate of drug-likeness (QED) is 0.564. The van der Waals surface area contributed by atoms with Crippen molar-refractivity contribution >= 4 is 29.0 Å². The van der Waals surface area contributed by atoms with E-state index in [4.69, 9.17) is 16.0 Å². The van der Waals surface area contributed by atoms with Crippen molar-refractivity contribution in [1.29, 1.82) is 0 Å². The van der Waals surface area contributed by atoms with Gasteiger partial charge in [-0.05, 0) is 30.3 Å². The Balaban J connectivity index is 1.63. The third-order valence-corrected chi connectivity index (χ3v) is 4.78. The van der Waals surface area contributed by atoms with E-state index in [2.05, 4.69) is 15.7 Å². The van der Waals surface area contributed by atoms with Gasteiger partial charge in [0.15, 0.2) is 11.7 Å². The summed E-state index contributed by atoms with van der Waals surface area (Å²) in [5.74, 6) is -1.05. The van der Waals surface area contributed by atoms with Gasteiger partial charge in [-0.2, -0.15) is 18.3 Å². The van der Waals surface area contributed by atoms with Gasteiger partial charge in [0.2, 0.25) is 0 Å². The van der Waals surface area contributed by atoms with Gasteiger partial charge >= 0.3 is 6.18 Å². The predicted molar refractivity (Wildman–Crippen MR) is 96.4 cm³/mol. The van der Waals surface area contributed by atoms with E-state index in [1.165, 1.54) is 24.5 Å². The summed E-state index contributed by atoms with van der Waals surface area (Å²) in [6, 6.07) is 5.23. The summed E-state index contributed by atoms with van der Waals surface area (Å²) >= 11 is 5.67. The summed E-state index contributed by atoms with van der Waals surface area (Å²) in [7, 11) is 0. The highest BCUT2D eigenvalue weighted by Crippen LogP contribution is 2.43. The first-order chi connectivity index (χ1) is 13.7. The molecule has 2 N–H and O–H groups in total. The lowest BCUT2D eigenvalue weighted by atomic mass is 10.0. The van der Waals surface area contributed by atoms with E-state index in [-0.39, 0.29) is 28.6 Å². The monoisotopic (exact) mass is 428 g/mol. The fraction of sp³-hybridized carbons (Fsp3) is 0.222.